The van der Waals surface area contributed by atoms with Gasteiger partial charge in [0.15, 0.2) is 0 Å². The molecular weight excluding hydrogens is 554 g/mol. The number of amides is 4. The molecule has 1 atom stereocenters. The topological polar surface area (TPSA) is 140 Å². The average molecular weight is 592 g/mol. The van der Waals surface area contributed by atoms with Crippen LogP contribution in [-0.4, -0.2) is 114 Å². The van der Waals surface area contributed by atoms with Crippen molar-refractivity contribution in [1.82, 2.24) is 20.0 Å². The minimum Gasteiger partial charge on any atom is -0.492 e. The largest absolute Gasteiger partial charge is 0.492 e. The second-order valence-corrected chi connectivity index (χ2v) is 10.8. The Balaban J connectivity index is 0.00000180. The molecule has 3 fully saturated rings. The Kier molecular flexibility index (Phi) is 9.07. The fourth-order valence-corrected chi connectivity index (χ4v) is 5.95. The zero-order chi connectivity index (χ0) is 30.7. The van der Waals surface area contributed by atoms with Gasteiger partial charge in [-0.1, -0.05) is 13.8 Å². The molecule has 3 saturated heterocycles. The summed E-state index contributed by atoms with van der Waals surface area (Å²) in [6, 6.07) is 11.3. The number of aromatic carboxylic acids is 1. The third kappa shape index (κ3) is 6.25. The van der Waals surface area contributed by atoms with E-state index in [9.17, 15) is 24.0 Å². The highest BCUT2D eigenvalue weighted by Crippen LogP contribution is 2.30. The first-order valence-electron chi connectivity index (χ1n) is 14.8. The number of carbonyl (C=O) groups is 5. The minimum atomic E-state index is -0.989. The van der Waals surface area contributed by atoms with Crippen LogP contribution < -0.4 is 15.0 Å². The monoisotopic (exact) mass is 591 g/mol. The number of benzene rings is 2. The zero-order valence-electron chi connectivity index (χ0n) is 24.5. The number of likely N-dealkylation sites (tertiary alicyclic amines) is 1. The molecule has 0 radical (unpaired) electrons. The molecule has 2 aromatic carbocycles. The first-order valence-corrected chi connectivity index (χ1v) is 14.8. The summed E-state index contributed by atoms with van der Waals surface area (Å²) in [5.74, 6) is -2.55. The lowest BCUT2D eigenvalue weighted by molar-refractivity contribution is -0.136. The van der Waals surface area contributed by atoms with Crippen molar-refractivity contribution in [1.29, 1.82) is 0 Å². The number of nitrogens with one attached hydrogen (secondary N) is 1. The summed E-state index contributed by atoms with van der Waals surface area (Å²) in [7, 11) is 0. The van der Waals surface area contributed by atoms with E-state index in [1.165, 1.54) is 0 Å². The number of carboxylic acid groups (broad SMARTS) is 1. The summed E-state index contributed by atoms with van der Waals surface area (Å²) in [6.07, 6.45) is 0.199. The predicted molar refractivity (Wildman–Crippen MR) is 157 cm³/mol. The molecule has 228 valence electrons. The zero-order valence-corrected chi connectivity index (χ0v) is 24.5. The van der Waals surface area contributed by atoms with Crippen LogP contribution in [0.25, 0.3) is 0 Å². The fraction of sp³-hybridized carbons (Fsp3) is 0.452. The summed E-state index contributed by atoms with van der Waals surface area (Å²) in [5, 5.41) is 11.3. The van der Waals surface area contributed by atoms with E-state index in [2.05, 4.69) is 20.0 Å². The molecule has 1 unspecified atom stereocenters. The molecule has 0 aromatic heterocycles. The highest BCUT2D eigenvalue weighted by atomic mass is 16.5. The van der Waals surface area contributed by atoms with Gasteiger partial charge in [-0.3, -0.25) is 39.2 Å². The Hall–Kier alpha value is -4.29. The van der Waals surface area contributed by atoms with Crippen molar-refractivity contribution in [3.8, 4) is 5.75 Å². The number of rotatable bonds is 8. The van der Waals surface area contributed by atoms with Gasteiger partial charge in [-0.05, 0) is 48.9 Å². The van der Waals surface area contributed by atoms with Crippen LogP contribution in [0.2, 0.25) is 0 Å². The number of hydrogen-bond donors (Lipinski definition) is 2. The van der Waals surface area contributed by atoms with Crippen LogP contribution in [0.4, 0.5) is 5.69 Å². The summed E-state index contributed by atoms with van der Waals surface area (Å²) < 4.78 is 5.90. The van der Waals surface area contributed by atoms with Crippen molar-refractivity contribution in [2.24, 2.45) is 0 Å². The van der Waals surface area contributed by atoms with Crippen molar-refractivity contribution >= 4 is 35.3 Å². The number of carboxylic acids is 1. The summed E-state index contributed by atoms with van der Waals surface area (Å²) in [5.41, 5.74) is 1.78. The number of piperazine rings is 1. The van der Waals surface area contributed by atoms with Crippen LogP contribution >= 0.6 is 0 Å². The smallest absolute Gasteiger partial charge is 0.335 e. The fourth-order valence-electron chi connectivity index (χ4n) is 5.95. The van der Waals surface area contributed by atoms with Gasteiger partial charge in [-0.15, -0.1) is 0 Å². The van der Waals surface area contributed by atoms with E-state index >= 15 is 0 Å². The van der Waals surface area contributed by atoms with Gasteiger partial charge in [-0.25, -0.2) is 4.79 Å². The first kappa shape index (κ1) is 30.2. The number of nitrogens with zero attached hydrogens (tertiary/aromatic N) is 4. The normalized spacial score (nSPS) is 21.1. The molecule has 4 aliphatic rings. The van der Waals surface area contributed by atoms with Gasteiger partial charge in [0.05, 0.1) is 16.7 Å². The highest BCUT2D eigenvalue weighted by molar-refractivity contribution is 6.23. The maximum atomic E-state index is 13.0. The lowest BCUT2D eigenvalue weighted by Gasteiger charge is -2.48. The number of fused-ring (bicyclic) bond motifs is 1. The quantitative estimate of drug-likeness (QED) is 0.436. The molecule has 4 amide bonds. The third-order valence-electron chi connectivity index (χ3n) is 8.34. The Labute approximate surface area is 250 Å². The maximum Gasteiger partial charge on any atom is 0.335 e. The molecule has 0 spiro atoms. The number of carbonyl (C=O) groups excluding carboxylic acids is 4. The molecule has 43 heavy (non-hydrogen) atoms. The Bertz CT molecular complexity index is 1400. The number of piperidine rings is 1. The van der Waals surface area contributed by atoms with Crippen LogP contribution in [0.5, 0.6) is 5.75 Å². The summed E-state index contributed by atoms with van der Waals surface area (Å²) in [4.78, 5) is 68.7. The van der Waals surface area contributed by atoms with Crippen LogP contribution in [0.1, 0.15) is 57.8 Å². The third-order valence-corrected chi connectivity index (χ3v) is 8.34. The lowest BCUT2D eigenvalue weighted by Crippen LogP contribution is -2.63. The summed E-state index contributed by atoms with van der Waals surface area (Å²) >= 11 is 0. The SMILES string of the molecule is CC.O=C1CCC(N2C(=O)c3ccc(OCCN4CC(N5CCN(c6ccc(C(=O)O)cc6)CC5)C4)cc3C2=O)C(=O)N1. The van der Waals surface area contributed by atoms with Crippen molar-refractivity contribution < 1.29 is 33.8 Å². The molecule has 6 rings (SSSR count). The predicted octanol–water partition coefficient (Wildman–Crippen LogP) is 1.70. The molecule has 0 saturated carbocycles. The van der Waals surface area contributed by atoms with Crippen molar-refractivity contribution in [3.63, 3.8) is 0 Å². The Morgan fingerprint density at radius 3 is 2.26 bits per heavy atom. The summed E-state index contributed by atoms with van der Waals surface area (Å²) in [6.45, 7) is 10.8. The van der Waals surface area contributed by atoms with Gasteiger partial charge < -0.3 is 14.7 Å². The molecule has 4 heterocycles. The lowest BCUT2D eigenvalue weighted by atomic mass is 10.0. The van der Waals surface area contributed by atoms with Crippen molar-refractivity contribution in [2.75, 3.05) is 57.3 Å². The number of imide groups is 2. The van der Waals surface area contributed by atoms with Crippen LogP contribution in [0.15, 0.2) is 42.5 Å². The molecule has 4 aliphatic heterocycles. The van der Waals surface area contributed by atoms with E-state index in [1.807, 2.05) is 26.0 Å². The first-order chi connectivity index (χ1) is 20.8. The Morgan fingerprint density at radius 1 is 0.930 bits per heavy atom. The van der Waals surface area contributed by atoms with E-state index in [0.29, 0.717) is 24.0 Å². The molecule has 2 N–H and O–H groups in total. The molecular formula is C31H37N5O7. The van der Waals surface area contributed by atoms with Crippen LogP contribution in [0, 0.1) is 0 Å². The van der Waals surface area contributed by atoms with E-state index < -0.39 is 35.6 Å². The van der Waals surface area contributed by atoms with Crippen molar-refractivity contribution in [3.05, 3.63) is 59.2 Å². The van der Waals surface area contributed by atoms with Gasteiger partial charge in [0.25, 0.3) is 11.8 Å². The number of anilines is 1. The highest BCUT2D eigenvalue weighted by Gasteiger charge is 2.44. The average Bonchev–Trinajstić information content (AvgIpc) is 3.24. The van der Waals surface area contributed by atoms with Gasteiger partial charge >= 0.3 is 5.97 Å². The Morgan fingerprint density at radius 2 is 1.60 bits per heavy atom. The van der Waals surface area contributed by atoms with Gasteiger partial charge in [-0.2, -0.15) is 0 Å². The van der Waals surface area contributed by atoms with Gasteiger partial charge in [0.2, 0.25) is 11.8 Å². The van der Waals surface area contributed by atoms with Crippen LogP contribution in [0.3, 0.4) is 0 Å². The molecule has 0 aliphatic carbocycles. The maximum absolute atomic E-state index is 13.0. The van der Waals surface area contributed by atoms with Crippen LogP contribution in [-0.2, 0) is 9.59 Å². The molecule has 12 nitrogen and oxygen atoms in total. The van der Waals surface area contributed by atoms with Gasteiger partial charge in [0.1, 0.15) is 18.4 Å². The van der Waals surface area contributed by atoms with Crippen molar-refractivity contribution in [2.45, 2.75) is 38.8 Å². The van der Waals surface area contributed by atoms with E-state index in [0.717, 1.165) is 56.4 Å². The second-order valence-electron chi connectivity index (χ2n) is 10.8. The minimum absolute atomic E-state index is 0.0797. The van der Waals surface area contributed by atoms with E-state index in [4.69, 9.17) is 9.84 Å². The number of hydrogen-bond acceptors (Lipinski definition) is 9. The van der Waals surface area contributed by atoms with E-state index in [-0.39, 0.29) is 24.0 Å². The second kappa shape index (κ2) is 12.9. The standard InChI is InChI=1S/C29H31N5O7.C2H6/c35-25-8-7-24(26(36)30-25)34-27(37)22-6-5-21(15-23(22)28(34)38)41-14-13-31-16-20(17-31)33-11-9-32(10-12-33)19-3-1-18(2-4-19)29(39)40;1-2/h1-6,15,20,24H,7-14,16-17H2,(H,39,40)(H,30,35,36);1-2H3. The number of ether oxygens (including phenoxy) is 1. The molecule has 12 heteroatoms. The molecule has 2 aromatic rings. The molecule has 0 bridgehead atoms. The van der Waals surface area contributed by atoms with Gasteiger partial charge in [0, 0.05) is 64.0 Å². The van der Waals surface area contributed by atoms with E-state index in [1.54, 1.807) is 30.3 Å².